The summed E-state index contributed by atoms with van der Waals surface area (Å²) >= 11 is 0. The summed E-state index contributed by atoms with van der Waals surface area (Å²) in [5.41, 5.74) is 3.76. The molecule has 0 atom stereocenters. The third kappa shape index (κ3) is 4.28. The Bertz CT molecular complexity index is 1150. The van der Waals surface area contributed by atoms with Crippen LogP contribution >= 0.6 is 0 Å². The summed E-state index contributed by atoms with van der Waals surface area (Å²) in [5, 5.41) is 3.97. The molecule has 0 aliphatic carbocycles. The van der Waals surface area contributed by atoms with E-state index in [4.69, 9.17) is 4.74 Å². The van der Waals surface area contributed by atoms with Crippen molar-refractivity contribution in [3.8, 4) is 5.75 Å². The molecule has 4 heteroatoms. The Morgan fingerprint density at radius 3 is 2.33 bits per heavy atom. The van der Waals surface area contributed by atoms with Crippen LogP contribution in [0.5, 0.6) is 5.75 Å². The maximum absolute atomic E-state index is 13.1. The van der Waals surface area contributed by atoms with Crippen molar-refractivity contribution < 1.29 is 9.53 Å². The van der Waals surface area contributed by atoms with Crippen molar-refractivity contribution in [2.75, 3.05) is 6.61 Å². The summed E-state index contributed by atoms with van der Waals surface area (Å²) in [6, 6.07) is 27.9. The Kier molecular flexibility index (Phi) is 5.95. The number of aromatic nitrogens is 1. The number of benzene rings is 3. The van der Waals surface area contributed by atoms with Gasteiger partial charge in [0.15, 0.2) is 0 Å². The largest absolute Gasteiger partial charge is 0.489 e. The van der Waals surface area contributed by atoms with Crippen molar-refractivity contribution in [2.24, 2.45) is 0 Å². The highest BCUT2D eigenvalue weighted by atomic mass is 16.5. The van der Waals surface area contributed by atoms with Gasteiger partial charge < -0.3 is 14.6 Å². The van der Waals surface area contributed by atoms with E-state index in [1.807, 2.05) is 77.4 Å². The van der Waals surface area contributed by atoms with Gasteiger partial charge >= 0.3 is 0 Å². The van der Waals surface area contributed by atoms with Crippen LogP contribution in [-0.4, -0.2) is 17.1 Å². The van der Waals surface area contributed by atoms with Gasteiger partial charge in [0.2, 0.25) is 0 Å². The normalized spacial score (nSPS) is 10.7. The third-order valence-corrected chi connectivity index (χ3v) is 4.97. The second-order valence-corrected chi connectivity index (χ2v) is 7.06. The van der Waals surface area contributed by atoms with Crippen LogP contribution in [-0.2, 0) is 13.1 Å². The second-order valence-electron chi connectivity index (χ2n) is 7.06. The first-order valence-corrected chi connectivity index (χ1v) is 9.98. The zero-order chi connectivity index (χ0) is 20.8. The van der Waals surface area contributed by atoms with Gasteiger partial charge in [-0.1, -0.05) is 79.4 Å². The van der Waals surface area contributed by atoms with E-state index in [9.17, 15) is 4.79 Å². The molecule has 3 aromatic carbocycles. The Morgan fingerprint density at radius 2 is 1.63 bits per heavy atom. The summed E-state index contributed by atoms with van der Waals surface area (Å²) in [6.07, 6.45) is 1.72. The Balaban J connectivity index is 1.71. The average molecular weight is 396 g/mol. The number of hydrogen-bond donors (Lipinski definition) is 1. The van der Waals surface area contributed by atoms with Crippen molar-refractivity contribution in [2.45, 2.75) is 13.1 Å². The molecule has 0 aliphatic heterocycles. The molecule has 4 nitrogen and oxygen atoms in total. The Labute approximate surface area is 176 Å². The van der Waals surface area contributed by atoms with Crippen molar-refractivity contribution >= 4 is 16.8 Å². The molecule has 1 N–H and O–H groups in total. The van der Waals surface area contributed by atoms with Crippen LogP contribution in [0.15, 0.2) is 97.6 Å². The number of amides is 1. The smallest absolute Gasteiger partial charge is 0.268 e. The molecule has 4 rings (SSSR count). The van der Waals surface area contributed by atoms with Crippen LogP contribution in [0.3, 0.4) is 0 Å². The lowest BCUT2D eigenvalue weighted by atomic mass is 10.2. The molecule has 1 aromatic heterocycles. The molecular formula is C26H24N2O2. The molecule has 150 valence electrons. The first-order chi connectivity index (χ1) is 14.8. The van der Waals surface area contributed by atoms with Crippen molar-refractivity contribution in [1.29, 1.82) is 0 Å². The number of nitrogens with zero attached hydrogens (tertiary/aromatic N) is 1. The summed E-state index contributed by atoms with van der Waals surface area (Å²) in [6.45, 7) is 5.22. The molecule has 4 aromatic rings. The molecule has 1 heterocycles. The van der Waals surface area contributed by atoms with E-state index in [1.54, 1.807) is 6.08 Å². The molecule has 1 amide bonds. The predicted octanol–water partition coefficient (Wildman–Crippen LogP) is 5.18. The zero-order valence-corrected chi connectivity index (χ0v) is 16.8. The molecule has 0 bridgehead atoms. The molecule has 0 unspecified atom stereocenters. The highest BCUT2D eigenvalue weighted by Crippen LogP contribution is 2.30. The maximum Gasteiger partial charge on any atom is 0.268 e. The summed E-state index contributed by atoms with van der Waals surface area (Å²) < 4.78 is 7.88. The van der Waals surface area contributed by atoms with E-state index in [2.05, 4.69) is 24.0 Å². The number of ether oxygens (including phenoxy) is 1. The SMILES string of the molecule is C=CCOc1cccc2c1cc(C(=O)NCc1ccccc1)n2Cc1ccccc1. The van der Waals surface area contributed by atoms with Gasteiger partial charge in [-0.25, -0.2) is 0 Å². The van der Waals surface area contributed by atoms with Gasteiger partial charge in [-0.15, -0.1) is 0 Å². The fourth-order valence-electron chi connectivity index (χ4n) is 3.53. The summed E-state index contributed by atoms with van der Waals surface area (Å²) in [7, 11) is 0. The van der Waals surface area contributed by atoms with Crippen LogP contribution < -0.4 is 10.1 Å². The van der Waals surface area contributed by atoms with Crippen LogP contribution in [0.1, 0.15) is 21.6 Å². The molecule has 0 saturated heterocycles. The molecule has 0 fully saturated rings. The number of carbonyl (C=O) groups excluding carboxylic acids is 1. The molecule has 0 radical (unpaired) electrons. The van der Waals surface area contributed by atoms with E-state index in [0.29, 0.717) is 25.4 Å². The molecular weight excluding hydrogens is 372 g/mol. The van der Waals surface area contributed by atoms with Crippen LogP contribution in [0.2, 0.25) is 0 Å². The first kappa shape index (κ1) is 19.5. The fourth-order valence-corrected chi connectivity index (χ4v) is 3.53. The van der Waals surface area contributed by atoms with E-state index in [0.717, 1.165) is 27.8 Å². The quantitative estimate of drug-likeness (QED) is 0.417. The lowest BCUT2D eigenvalue weighted by Crippen LogP contribution is -2.25. The minimum absolute atomic E-state index is 0.111. The third-order valence-electron chi connectivity index (χ3n) is 4.97. The van der Waals surface area contributed by atoms with Crippen LogP contribution in [0.25, 0.3) is 10.9 Å². The van der Waals surface area contributed by atoms with Gasteiger partial charge in [0.25, 0.3) is 5.91 Å². The summed E-state index contributed by atoms with van der Waals surface area (Å²) in [5.74, 6) is 0.636. The minimum Gasteiger partial charge on any atom is -0.489 e. The zero-order valence-electron chi connectivity index (χ0n) is 16.8. The number of rotatable bonds is 8. The topological polar surface area (TPSA) is 43.3 Å². The number of fused-ring (bicyclic) bond motifs is 1. The number of carbonyl (C=O) groups is 1. The minimum atomic E-state index is -0.111. The molecule has 30 heavy (non-hydrogen) atoms. The standard InChI is InChI=1S/C26H24N2O2/c1-2-16-30-25-15-9-14-23-22(25)17-24(28(23)19-21-12-7-4-8-13-21)26(29)27-18-20-10-5-3-6-11-20/h2-15,17H,1,16,18-19H2,(H,27,29). The number of nitrogens with one attached hydrogen (secondary N) is 1. The van der Waals surface area contributed by atoms with Gasteiger partial charge in [0.1, 0.15) is 18.1 Å². The van der Waals surface area contributed by atoms with Gasteiger partial charge in [0.05, 0.1) is 5.52 Å². The Hall–Kier alpha value is -3.79. The highest BCUT2D eigenvalue weighted by Gasteiger charge is 2.18. The van der Waals surface area contributed by atoms with E-state index in [-0.39, 0.29) is 5.91 Å². The highest BCUT2D eigenvalue weighted by molar-refractivity contribution is 6.00. The first-order valence-electron chi connectivity index (χ1n) is 9.98. The van der Waals surface area contributed by atoms with E-state index < -0.39 is 0 Å². The van der Waals surface area contributed by atoms with Gasteiger partial charge in [0, 0.05) is 18.5 Å². The van der Waals surface area contributed by atoms with E-state index >= 15 is 0 Å². The molecule has 0 spiro atoms. The average Bonchev–Trinajstić information content (AvgIpc) is 3.16. The van der Waals surface area contributed by atoms with Crippen molar-refractivity contribution in [1.82, 2.24) is 9.88 Å². The lowest BCUT2D eigenvalue weighted by Gasteiger charge is -2.12. The lowest BCUT2D eigenvalue weighted by molar-refractivity contribution is 0.0942. The van der Waals surface area contributed by atoms with Crippen LogP contribution in [0.4, 0.5) is 0 Å². The monoisotopic (exact) mass is 396 g/mol. The second kappa shape index (κ2) is 9.14. The predicted molar refractivity (Wildman–Crippen MR) is 121 cm³/mol. The Morgan fingerprint density at radius 1 is 0.933 bits per heavy atom. The van der Waals surface area contributed by atoms with Gasteiger partial charge in [-0.2, -0.15) is 0 Å². The van der Waals surface area contributed by atoms with Crippen molar-refractivity contribution in [3.63, 3.8) is 0 Å². The van der Waals surface area contributed by atoms with Crippen LogP contribution in [0, 0.1) is 0 Å². The summed E-state index contributed by atoms with van der Waals surface area (Å²) in [4.78, 5) is 13.1. The van der Waals surface area contributed by atoms with Crippen molar-refractivity contribution in [3.05, 3.63) is 114 Å². The maximum atomic E-state index is 13.1. The molecule has 0 aliphatic rings. The van der Waals surface area contributed by atoms with E-state index in [1.165, 1.54) is 0 Å². The number of hydrogen-bond acceptors (Lipinski definition) is 2. The van der Waals surface area contributed by atoms with Gasteiger partial charge in [-0.3, -0.25) is 4.79 Å². The fraction of sp³-hybridized carbons (Fsp3) is 0.115. The molecule has 0 saturated carbocycles. The van der Waals surface area contributed by atoms with Gasteiger partial charge in [-0.05, 0) is 29.3 Å².